The first-order chi connectivity index (χ1) is 9.56. The Kier molecular flexibility index (Phi) is 9.94. The Bertz CT molecular complexity index is 439. The first kappa shape index (κ1) is 19.8. The molecule has 120 valence electrons. The fourth-order valence-corrected chi connectivity index (χ4v) is 1.67. The summed E-state index contributed by atoms with van der Waals surface area (Å²) in [6.45, 7) is 5.50. The van der Waals surface area contributed by atoms with E-state index in [0.717, 1.165) is 24.0 Å². The Morgan fingerprint density at radius 1 is 1.33 bits per heavy atom. The van der Waals surface area contributed by atoms with Crippen molar-refractivity contribution in [1.82, 2.24) is 10.2 Å². The monoisotopic (exact) mass is 407 g/mol. The van der Waals surface area contributed by atoms with Crippen molar-refractivity contribution in [2.75, 3.05) is 34.3 Å². The maximum Gasteiger partial charge on any atom is 0.193 e. The maximum atomic E-state index is 5.83. The standard InChI is InChI=1S/C15H25N3O2.HI/c1-6-16-15(18(3)4)17-11-12(2)20-14-9-7-8-13(10-14)19-5;/h7-10,12H,6,11H2,1-5H3,(H,16,17);1H. The summed E-state index contributed by atoms with van der Waals surface area (Å²) in [5, 5.41) is 3.22. The molecule has 0 bridgehead atoms. The molecule has 0 fully saturated rings. The molecule has 0 heterocycles. The number of ether oxygens (including phenoxy) is 2. The lowest BCUT2D eigenvalue weighted by Gasteiger charge is -2.18. The highest BCUT2D eigenvalue weighted by atomic mass is 127. The van der Waals surface area contributed by atoms with Gasteiger partial charge >= 0.3 is 0 Å². The summed E-state index contributed by atoms with van der Waals surface area (Å²) < 4.78 is 11.0. The normalized spacial score (nSPS) is 12.1. The summed E-state index contributed by atoms with van der Waals surface area (Å²) in [6, 6.07) is 7.59. The minimum Gasteiger partial charge on any atom is -0.497 e. The Balaban J connectivity index is 0.00000400. The number of halogens is 1. The predicted molar refractivity (Wildman–Crippen MR) is 98.2 cm³/mol. The van der Waals surface area contributed by atoms with Crippen molar-refractivity contribution in [3.63, 3.8) is 0 Å². The molecule has 0 radical (unpaired) electrons. The molecule has 1 rings (SSSR count). The SMILES string of the molecule is CCNC(=NCC(C)Oc1cccc(OC)c1)N(C)C.I. The van der Waals surface area contributed by atoms with Crippen LogP contribution >= 0.6 is 24.0 Å². The Labute approximate surface area is 144 Å². The van der Waals surface area contributed by atoms with Crippen LogP contribution in [0.15, 0.2) is 29.3 Å². The van der Waals surface area contributed by atoms with Gasteiger partial charge in [-0.3, -0.25) is 0 Å². The van der Waals surface area contributed by atoms with Gasteiger partial charge < -0.3 is 19.7 Å². The summed E-state index contributed by atoms with van der Waals surface area (Å²) in [5.41, 5.74) is 0. The van der Waals surface area contributed by atoms with Crippen molar-refractivity contribution in [3.8, 4) is 11.5 Å². The molecule has 1 aromatic rings. The number of hydrogen-bond acceptors (Lipinski definition) is 3. The lowest BCUT2D eigenvalue weighted by Crippen LogP contribution is -2.37. The van der Waals surface area contributed by atoms with Crippen LogP contribution in [0.1, 0.15) is 13.8 Å². The highest BCUT2D eigenvalue weighted by Gasteiger charge is 2.06. The summed E-state index contributed by atoms with van der Waals surface area (Å²) in [6.07, 6.45) is -0.00397. The van der Waals surface area contributed by atoms with Gasteiger partial charge in [0.15, 0.2) is 5.96 Å². The van der Waals surface area contributed by atoms with Crippen LogP contribution in [0, 0.1) is 0 Å². The molecule has 0 spiro atoms. The predicted octanol–water partition coefficient (Wildman–Crippen LogP) is 2.61. The molecule has 0 amide bonds. The molecule has 5 nitrogen and oxygen atoms in total. The highest BCUT2D eigenvalue weighted by molar-refractivity contribution is 14.0. The van der Waals surface area contributed by atoms with Gasteiger partial charge in [-0.1, -0.05) is 6.07 Å². The number of hydrogen-bond donors (Lipinski definition) is 1. The lowest BCUT2D eigenvalue weighted by molar-refractivity contribution is 0.229. The number of guanidine groups is 1. The molecular weight excluding hydrogens is 381 g/mol. The van der Waals surface area contributed by atoms with Gasteiger partial charge in [0.05, 0.1) is 13.7 Å². The van der Waals surface area contributed by atoms with E-state index in [2.05, 4.69) is 17.2 Å². The van der Waals surface area contributed by atoms with E-state index in [1.807, 2.05) is 50.2 Å². The van der Waals surface area contributed by atoms with Gasteiger partial charge in [-0.05, 0) is 26.0 Å². The Morgan fingerprint density at radius 2 is 2.00 bits per heavy atom. The molecule has 0 aliphatic heterocycles. The van der Waals surface area contributed by atoms with Crippen molar-refractivity contribution >= 4 is 29.9 Å². The quantitative estimate of drug-likeness (QED) is 0.448. The molecule has 0 saturated heterocycles. The average molecular weight is 407 g/mol. The second-order valence-electron chi connectivity index (χ2n) is 4.70. The van der Waals surface area contributed by atoms with E-state index in [1.165, 1.54) is 0 Å². The zero-order valence-electron chi connectivity index (χ0n) is 13.4. The van der Waals surface area contributed by atoms with Gasteiger partial charge in [0.2, 0.25) is 0 Å². The van der Waals surface area contributed by atoms with Crippen LogP contribution in [0.5, 0.6) is 11.5 Å². The third-order valence-electron chi connectivity index (χ3n) is 2.64. The molecular formula is C15H26IN3O2. The van der Waals surface area contributed by atoms with Crippen LogP contribution in [-0.2, 0) is 0 Å². The number of benzene rings is 1. The van der Waals surface area contributed by atoms with Gasteiger partial charge in [0, 0.05) is 26.7 Å². The van der Waals surface area contributed by atoms with Crippen molar-refractivity contribution < 1.29 is 9.47 Å². The lowest BCUT2D eigenvalue weighted by atomic mass is 10.3. The van der Waals surface area contributed by atoms with E-state index in [1.54, 1.807) is 7.11 Å². The summed E-state index contributed by atoms with van der Waals surface area (Å²) in [5.74, 6) is 2.45. The van der Waals surface area contributed by atoms with Crippen LogP contribution in [0.3, 0.4) is 0 Å². The van der Waals surface area contributed by atoms with Crippen molar-refractivity contribution in [2.45, 2.75) is 20.0 Å². The summed E-state index contributed by atoms with van der Waals surface area (Å²) in [4.78, 5) is 6.49. The minimum absolute atomic E-state index is 0. The van der Waals surface area contributed by atoms with E-state index >= 15 is 0 Å². The Hall–Kier alpha value is -1.18. The second-order valence-corrected chi connectivity index (χ2v) is 4.70. The Morgan fingerprint density at radius 3 is 2.57 bits per heavy atom. The van der Waals surface area contributed by atoms with E-state index in [0.29, 0.717) is 6.54 Å². The fourth-order valence-electron chi connectivity index (χ4n) is 1.67. The second kappa shape index (κ2) is 10.5. The molecule has 1 atom stereocenters. The van der Waals surface area contributed by atoms with Crippen LogP contribution in [0.25, 0.3) is 0 Å². The number of rotatable bonds is 6. The van der Waals surface area contributed by atoms with Gasteiger partial charge in [-0.2, -0.15) is 0 Å². The van der Waals surface area contributed by atoms with Gasteiger partial charge in [-0.15, -0.1) is 24.0 Å². The van der Waals surface area contributed by atoms with Gasteiger partial charge in [0.1, 0.15) is 17.6 Å². The van der Waals surface area contributed by atoms with Crippen molar-refractivity contribution in [3.05, 3.63) is 24.3 Å². The van der Waals surface area contributed by atoms with Gasteiger partial charge in [0.25, 0.3) is 0 Å². The number of nitrogens with one attached hydrogen (secondary N) is 1. The van der Waals surface area contributed by atoms with E-state index in [4.69, 9.17) is 9.47 Å². The largest absolute Gasteiger partial charge is 0.497 e. The van der Waals surface area contributed by atoms with Crippen LogP contribution in [0.2, 0.25) is 0 Å². The smallest absolute Gasteiger partial charge is 0.193 e. The van der Waals surface area contributed by atoms with Gasteiger partial charge in [-0.25, -0.2) is 4.99 Å². The first-order valence-electron chi connectivity index (χ1n) is 6.83. The highest BCUT2D eigenvalue weighted by Crippen LogP contribution is 2.19. The molecule has 1 unspecified atom stereocenters. The third-order valence-corrected chi connectivity index (χ3v) is 2.64. The minimum atomic E-state index is -0.00397. The topological polar surface area (TPSA) is 46.1 Å². The molecule has 6 heteroatoms. The van der Waals surface area contributed by atoms with Crippen molar-refractivity contribution in [1.29, 1.82) is 0 Å². The number of nitrogens with zero attached hydrogens (tertiary/aromatic N) is 2. The van der Waals surface area contributed by atoms with Crippen molar-refractivity contribution in [2.24, 2.45) is 4.99 Å². The fraction of sp³-hybridized carbons (Fsp3) is 0.533. The number of methoxy groups -OCH3 is 1. The summed E-state index contributed by atoms with van der Waals surface area (Å²) in [7, 11) is 5.58. The van der Waals surface area contributed by atoms with Crippen LogP contribution in [-0.4, -0.2) is 51.3 Å². The molecule has 0 saturated carbocycles. The third kappa shape index (κ3) is 7.40. The molecule has 1 N–H and O–H groups in total. The zero-order chi connectivity index (χ0) is 15.0. The van der Waals surface area contributed by atoms with E-state index in [-0.39, 0.29) is 30.1 Å². The zero-order valence-corrected chi connectivity index (χ0v) is 15.8. The molecule has 1 aromatic carbocycles. The van der Waals surface area contributed by atoms with Crippen LogP contribution < -0.4 is 14.8 Å². The number of aliphatic imine (C=N–C) groups is 1. The maximum absolute atomic E-state index is 5.83. The first-order valence-corrected chi connectivity index (χ1v) is 6.83. The van der Waals surface area contributed by atoms with Crippen LogP contribution in [0.4, 0.5) is 0 Å². The molecule has 0 aromatic heterocycles. The molecule has 0 aliphatic carbocycles. The molecule has 21 heavy (non-hydrogen) atoms. The molecule has 0 aliphatic rings. The average Bonchev–Trinajstić information content (AvgIpc) is 2.43. The van der Waals surface area contributed by atoms with E-state index < -0.39 is 0 Å². The van der Waals surface area contributed by atoms with E-state index in [9.17, 15) is 0 Å². The summed E-state index contributed by atoms with van der Waals surface area (Å²) >= 11 is 0.